The summed E-state index contributed by atoms with van der Waals surface area (Å²) in [7, 11) is 0. The Morgan fingerprint density at radius 1 is 0.926 bits per heavy atom. The Morgan fingerprint density at radius 2 is 1.44 bits per heavy atom. The normalized spacial score (nSPS) is 20.4. The van der Waals surface area contributed by atoms with Gasteiger partial charge in [-0.3, -0.25) is 0 Å². The lowest BCUT2D eigenvalue weighted by Crippen LogP contribution is -2.24. The molecule has 2 aliphatic rings. The van der Waals surface area contributed by atoms with Crippen LogP contribution in [0.1, 0.15) is 32.0 Å². The van der Waals surface area contributed by atoms with Gasteiger partial charge < -0.3 is 33.6 Å². The molecule has 148 valence electrons. The quantitative estimate of drug-likeness (QED) is 0.371. The topological polar surface area (TPSA) is 148 Å². The van der Waals surface area contributed by atoms with Gasteiger partial charge in [0.2, 0.25) is 5.76 Å². The molecule has 0 aromatic carbocycles. The van der Waals surface area contributed by atoms with E-state index in [1.54, 1.807) is 0 Å². The summed E-state index contributed by atoms with van der Waals surface area (Å²) in [5.74, 6) is -3.59. The molecule has 2 fully saturated rings. The second kappa shape index (κ2) is 8.61. The first-order valence-electron chi connectivity index (χ1n) is 8.51. The third-order valence-corrected chi connectivity index (χ3v) is 4.13. The number of carboxylic acids is 2. The first kappa shape index (κ1) is 19.5. The molecule has 0 bridgehead atoms. The highest BCUT2D eigenvalue weighted by molar-refractivity contribution is 5.95. The van der Waals surface area contributed by atoms with Gasteiger partial charge in [0.1, 0.15) is 12.2 Å². The zero-order chi connectivity index (χ0) is 19.4. The highest BCUT2D eigenvalue weighted by Gasteiger charge is 2.28. The molecule has 27 heavy (non-hydrogen) atoms. The van der Waals surface area contributed by atoms with Crippen molar-refractivity contribution < 1.29 is 43.2 Å². The van der Waals surface area contributed by atoms with E-state index in [0.717, 1.165) is 0 Å². The van der Waals surface area contributed by atoms with Gasteiger partial charge in [-0.15, -0.1) is 0 Å². The number of carboxylic acid groups (broad SMARTS) is 2. The van der Waals surface area contributed by atoms with E-state index >= 15 is 0 Å². The summed E-state index contributed by atoms with van der Waals surface area (Å²) in [6, 6.07) is 0. The van der Waals surface area contributed by atoms with Crippen LogP contribution in [0.5, 0.6) is 0 Å². The van der Waals surface area contributed by atoms with E-state index in [1.807, 2.05) is 0 Å². The van der Waals surface area contributed by atoms with Crippen molar-refractivity contribution in [2.75, 3.05) is 39.6 Å². The van der Waals surface area contributed by atoms with Crippen molar-refractivity contribution in [3.8, 4) is 0 Å². The van der Waals surface area contributed by atoms with Gasteiger partial charge in [-0.05, 0) is 0 Å². The van der Waals surface area contributed by atoms with Crippen molar-refractivity contribution in [1.29, 1.82) is 0 Å². The molecule has 3 heterocycles. The summed E-state index contributed by atoms with van der Waals surface area (Å²) in [5.41, 5.74) is -1.55. The number of epoxide rings is 2. The van der Waals surface area contributed by atoms with Gasteiger partial charge in [0.25, 0.3) is 0 Å². The highest BCUT2D eigenvalue weighted by atomic mass is 16.6. The second-order valence-corrected chi connectivity index (χ2v) is 6.22. The summed E-state index contributed by atoms with van der Waals surface area (Å²) >= 11 is 0. The van der Waals surface area contributed by atoms with Crippen LogP contribution in [-0.4, -0.2) is 74.0 Å². The van der Waals surface area contributed by atoms with Crippen LogP contribution in [-0.2, 0) is 31.8 Å². The lowest BCUT2D eigenvalue weighted by molar-refractivity contribution is 0.0649. The predicted octanol–water partition coefficient (Wildman–Crippen LogP) is -0.0480. The van der Waals surface area contributed by atoms with Crippen LogP contribution in [0.15, 0.2) is 9.21 Å². The minimum absolute atomic E-state index is 0.0135. The molecule has 1 aromatic heterocycles. The lowest BCUT2D eigenvalue weighted by Gasteiger charge is -2.13. The van der Waals surface area contributed by atoms with Gasteiger partial charge in [-0.2, -0.15) is 0 Å². The minimum Gasteiger partial charge on any atom is -0.478 e. The van der Waals surface area contributed by atoms with E-state index in [1.165, 1.54) is 0 Å². The molecular weight excluding hydrogens is 364 g/mol. The van der Waals surface area contributed by atoms with E-state index in [-0.39, 0.29) is 55.0 Å². The van der Waals surface area contributed by atoms with Crippen LogP contribution < -0.4 is 5.63 Å². The van der Waals surface area contributed by atoms with Crippen LogP contribution in [0.3, 0.4) is 0 Å². The van der Waals surface area contributed by atoms with Crippen molar-refractivity contribution in [2.24, 2.45) is 0 Å². The predicted molar refractivity (Wildman–Crippen MR) is 87.4 cm³/mol. The smallest absolute Gasteiger partial charge is 0.372 e. The Hall–Kier alpha value is -2.27. The van der Waals surface area contributed by atoms with E-state index in [9.17, 15) is 24.6 Å². The lowest BCUT2D eigenvalue weighted by atomic mass is 9.98. The van der Waals surface area contributed by atoms with Crippen LogP contribution in [0, 0.1) is 0 Å². The van der Waals surface area contributed by atoms with Crippen molar-refractivity contribution >= 4 is 11.9 Å². The highest BCUT2D eigenvalue weighted by Crippen LogP contribution is 2.20. The van der Waals surface area contributed by atoms with Gasteiger partial charge in [-0.25, -0.2) is 14.4 Å². The van der Waals surface area contributed by atoms with Gasteiger partial charge >= 0.3 is 17.6 Å². The Labute approximate surface area is 153 Å². The number of ether oxygens (including phenoxy) is 4. The van der Waals surface area contributed by atoms with Crippen molar-refractivity contribution in [1.82, 2.24) is 0 Å². The molecule has 2 N–H and O–H groups in total. The molecule has 2 saturated heterocycles. The summed E-state index contributed by atoms with van der Waals surface area (Å²) in [6.45, 7) is 2.08. The molecule has 0 aliphatic carbocycles. The zero-order valence-corrected chi connectivity index (χ0v) is 14.5. The summed E-state index contributed by atoms with van der Waals surface area (Å²) in [6.07, 6.45) is 0.0295. The Kier molecular flexibility index (Phi) is 6.22. The molecular formula is C17H20O10. The molecule has 3 rings (SSSR count). The van der Waals surface area contributed by atoms with E-state index < -0.39 is 23.3 Å². The molecule has 2 aliphatic heterocycles. The first-order valence-corrected chi connectivity index (χ1v) is 8.51. The molecule has 0 saturated carbocycles. The maximum absolute atomic E-state index is 12.2. The molecule has 0 amide bonds. The Morgan fingerprint density at radius 3 is 1.89 bits per heavy atom. The van der Waals surface area contributed by atoms with Gasteiger partial charge in [0.05, 0.1) is 50.8 Å². The molecule has 10 nitrogen and oxygen atoms in total. The largest absolute Gasteiger partial charge is 0.478 e. The third-order valence-electron chi connectivity index (χ3n) is 4.13. The Bertz CT molecular complexity index is 760. The molecule has 0 spiro atoms. The minimum atomic E-state index is -1.51. The van der Waals surface area contributed by atoms with Gasteiger partial charge in [0.15, 0.2) is 0 Å². The maximum atomic E-state index is 12.2. The molecule has 10 heteroatoms. The second-order valence-electron chi connectivity index (χ2n) is 6.22. The van der Waals surface area contributed by atoms with Gasteiger partial charge in [-0.1, -0.05) is 0 Å². The summed E-state index contributed by atoms with van der Waals surface area (Å²) in [5, 5.41) is 18.9. The average Bonchev–Trinajstić information content (AvgIpc) is 3.51. The first-order chi connectivity index (χ1) is 13.0. The van der Waals surface area contributed by atoms with Crippen LogP contribution in [0.4, 0.5) is 0 Å². The Balaban J connectivity index is 1.78. The zero-order valence-electron chi connectivity index (χ0n) is 14.5. The monoisotopic (exact) mass is 384 g/mol. The number of carbonyl (C=O) groups is 2. The molecule has 2 atom stereocenters. The van der Waals surface area contributed by atoms with Crippen LogP contribution in [0.2, 0.25) is 0 Å². The fourth-order valence-corrected chi connectivity index (χ4v) is 2.62. The van der Waals surface area contributed by atoms with E-state index in [0.29, 0.717) is 26.4 Å². The summed E-state index contributed by atoms with van der Waals surface area (Å²) < 4.78 is 25.6. The SMILES string of the molecule is O=C(O)c1oc(=O)c(CCOCC2CO2)c(C(=O)O)c1CCOCC1CO1. The fraction of sp³-hybridized carbons (Fsp3) is 0.588. The third kappa shape index (κ3) is 5.36. The maximum Gasteiger partial charge on any atom is 0.372 e. The van der Waals surface area contributed by atoms with Crippen molar-refractivity contribution in [2.45, 2.75) is 25.0 Å². The average molecular weight is 384 g/mol. The molecule has 2 unspecified atom stereocenters. The van der Waals surface area contributed by atoms with E-state index in [2.05, 4.69) is 0 Å². The fourth-order valence-electron chi connectivity index (χ4n) is 2.62. The number of rotatable bonds is 12. The summed E-state index contributed by atoms with van der Waals surface area (Å²) in [4.78, 5) is 35.4. The number of hydrogen-bond donors (Lipinski definition) is 2. The molecule has 0 radical (unpaired) electrons. The van der Waals surface area contributed by atoms with Crippen molar-refractivity contribution in [3.63, 3.8) is 0 Å². The molecule has 1 aromatic rings. The van der Waals surface area contributed by atoms with Crippen LogP contribution >= 0.6 is 0 Å². The van der Waals surface area contributed by atoms with Gasteiger partial charge in [0, 0.05) is 18.4 Å². The van der Waals surface area contributed by atoms with Crippen LogP contribution in [0.25, 0.3) is 0 Å². The standard InChI is InChI=1S/C17H20O10/c18-15(19)13-11(1-3-23-5-9-7-25-9)14(16(20)21)27-17(22)12(13)2-4-24-6-10-8-26-10/h9-10H,1-8H2,(H,18,19)(H,20,21). The van der Waals surface area contributed by atoms with E-state index in [4.69, 9.17) is 23.4 Å². The van der Waals surface area contributed by atoms with Crippen molar-refractivity contribution in [3.05, 3.63) is 32.9 Å². The number of aromatic carboxylic acids is 2. The number of hydrogen-bond acceptors (Lipinski definition) is 8.